The summed E-state index contributed by atoms with van der Waals surface area (Å²) in [5.74, 6) is -0.0561. The number of benzene rings is 2. The molecule has 24 heavy (non-hydrogen) atoms. The van der Waals surface area contributed by atoms with Crippen molar-refractivity contribution in [3.8, 4) is 0 Å². The van der Waals surface area contributed by atoms with Crippen molar-refractivity contribution in [3.05, 3.63) is 71.3 Å². The zero-order valence-electron chi connectivity index (χ0n) is 13.5. The summed E-state index contributed by atoms with van der Waals surface area (Å²) < 4.78 is 0. The third kappa shape index (κ3) is 4.13. The second-order valence-electron chi connectivity index (χ2n) is 5.86. The van der Waals surface area contributed by atoms with Crippen molar-refractivity contribution in [2.24, 2.45) is 0 Å². The van der Waals surface area contributed by atoms with Crippen LogP contribution in [0.5, 0.6) is 0 Å². The highest BCUT2D eigenvalue weighted by Crippen LogP contribution is 2.18. The molecule has 0 atom stereocenters. The lowest BCUT2D eigenvalue weighted by molar-refractivity contribution is -0.130. The SMILES string of the molecule is O=C(NCC(=O)N1CCc2ccccc2C1)NCc1ccccc1. The number of carbonyl (C=O) groups is 2. The van der Waals surface area contributed by atoms with Crippen LogP contribution in [0.2, 0.25) is 0 Å². The monoisotopic (exact) mass is 323 g/mol. The summed E-state index contributed by atoms with van der Waals surface area (Å²) in [6, 6.07) is 17.5. The van der Waals surface area contributed by atoms with Gasteiger partial charge in [0.2, 0.25) is 5.91 Å². The highest BCUT2D eigenvalue weighted by Gasteiger charge is 2.20. The van der Waals surface area contributed by atoms with E-state index in [2.05, 4.69) is 22.8 Å². The quantitative estimate of drug-likeness (QED) is 0.905. The zero-order chi connectivity index (χ0) is 16.8. The average Bonchev–Trinajstić information content (AvgIpc) is 2.65. The molecule has 1 aliphatic rings. The summed E-state index contributed by atoms with van der Waals surface area (Å²) in [6.07, 6.45) is 0.863. The molecule has 0 bridgehead atoms. The van der Waals surface area contributed by atoms with E-state index in [0.717, 1.165) is 12.0 Å². The number of hydrogen-bond acceptors (Lipinski definition) is 2. The molecule has 2 N–H and O–H groups in total. The van der Waals surface area contributed by atoms with Gasteiger partial charge in [0, 0.05) is 19.6 Å². The normalized spacial score (nSPS) is 13.1. The van der Waals surface area contributed by atoms with E-state index in [1.807, 2.05) is 42.5 Å². The third-order valence-electron chi connectivity index (χ3n) is 4.18. The fourth-order valence-electron chi connectivity index (χ4n) is 2.82. The second kappa shape index (κ2) is 7.64. The van der Waals surface area contributed by atoms with Gasteiger partial charge >= 0.3 is 6.03 Å². The van der Waals surface area contributed by atoms with Crippen LogP contribution in [0.25, 0.3) is 0 Å². The van der Waals surface area contributed by atoms with Crippen molar-refractivity contribution in [3.63, 3.8) is 0 Å². The van der Waals surface area contributed by atoms with Crippen LogP contribution in [-0.2, 0) is 24.3 Å². The Bertz CT molecular complexity index is 716. The van der Waals surface area contributed by atoms with Crippen molar-refractivity contribution in [2.75, 3.05) is 13.1 Å². The molecule has 0 radical (unpaired) electrons. The molecule has 0 saturated carbocycles. The van der Waals surface area contributed by atoms with Crippen molar-refractivity contribution >= 4 is 11.9 Å². The van der Waals surface area contributed by atoms with Gasteiger partial charge in [0.15, 0.2) is 0 Å². The summed E-state index contributed by atoms with van der Waals surface area (Å²) in [5, 5.41) is 5.38. The van der Waals surface area contributed by atoms with Crippen molar-refractivity contribution in [2.45, 2.75) is 19.5 Å². The first-order valence-electron chi connectivity index (χ1n) is 8.12. The second-order valence-corrected chi connectivity index (χ2v) is 5.86. The maximum Gasteiger partial charge on any atom is 0.315 e. The number of hydrogen-bond donors (Lipinski definition) is 2. The number of urea groups is 1. The van der Waals surface area contributed by atoms with Gasteiger partial charge in [0.25, 0.3) is 0 Å². The molecule has 5 heteroatoms. The van der Waals surface area contributed by atoms with E-state index in [1.54, 1.807) is 4.90 Å². The summed E-state index contributed by atoms with van der Waals surface area (Å²) in [7, 11) is 0. The minimum absolute atomic E-state index is 0.0167. The molecular weight excluding hydrogens is 302 g/mol. The summed E-state index contributed by atoms with van der Waals surface area (Å²) in [4.78, 5) is 25.9. The summed E-state index contributed by atoms with van der Waals surface area (Å²) in [5.41, 5.74) is 3.51. The number of nitrogens with one attached hydrogen (secondary N) is 2. The predicted octanol–water partition coefficient (Wildman–Crippen LogP) is 2.07. The van der Waals surface area contributed by atoms with Crippen LogP contribution in [0.4, 0.5) is 4.79 Å². The maximum atomic E-state index is 12.3. The molecule has 0 aliphatic carbocycles. The van der Waals surface area contributed by atoms with Gasteiger partial charge in [0.05, 0.1) is 6.54 Å². The Morgan fingerprint density at radius 3 is 2.42 bits per heavy atom. The highest BCUT2D eigenvalue weighted by atomic mass is 16.2. The van der Waals surface area contributed by atoms with Crippen LogP contribution in [0, 0.1) is 0 Å². The smallest absolute Gasteiger partial charge is 0.315 e. The molecule has 0 spiro atoms. The number of fused-ring (bicyclic) bond motifs is 1. The molecule has 0 aromatic heterocycles. The molecular formula is C19H21N3O2. The minimum atomic E-state index is -0.329. The van der Waals surface area contributed by atoms with E-state index >= 15 is 0 Å². The lowest BCUT2D eigenvalue weighted by Crippen LogP contribution is -2.45. The first kappa shape index (κ1) is 16.1. The van der Waals surface area contributed by atoms with Crippen LogP contribution >= 0.6 is 0 Å². The largest absolute Gasteiger partial charge is 0.336 e. The van der Waals surface area contributed by atoms with Crippen LogP contribution in [0.3, 0.4) is 0 Å². The minimum Gasteiger partial charge on any atom is -0.336 e. The van der Waals surface area contributed by atoms with Crippen molar-refractivity contribution in [1.29, 1.82) is 0 Å². The van der Waals surface area contributed by atoms with E-state index in [9.17, 15) is 9.59 Å². The van der Waals surface area contributed by atoms with Crippen molar-refractivity contribution < 1.29 is 9.59 Å². The first-order valence-corrected chi connectivity index (χ1v) is 8.12. The van der Waals surface area contributed by atoms with Gasteiger partial charge in [-0.3, -0.25) is 4.79 Å². The maximum absolute atomic E-state index is 12.3. The number of nitrogens with zero attached hydrogens (tertiary/aromatic N) is 1. The number of carbonyl (C=O) groups excluding carboxylic acids is 2. The number of rotatable bonds is 4. The molecule has 0 fully saturated rings. The van der Waals surface area contributed by atoms with Gasteiger partial charge in [0.1, 0.15) is 0 Å². The fourth-order valence-corrected chi connectivity index (χ4v) is 2.82. The lowest BCUT2D eigenvalue weighted by atomic mass is 10.00. The Kier molecular flexibility index (Phi) is 5.11. The van der Waals surface area contributed by atoms with Gasteiger partial charge in [-0.05, 0) is 23.1 Å². The first-order chi connectivity index (χ1) is 11.7. The zero-order valence-corrected chi connectivity index (χ0v) is 13.5. The molecule has 1 aliphatic heterocycles. The van der Waals surface area contributed by atoms with Crippen LogP contribution in [0.15, 0.2) is 54.6 Å². The van der Waals surface area contributed by atoms with E-state index in [1.165, 1.54) is 11.1 Å². The molecule has 0 saturated heterocycles. The molecule has 5 nitrogen and oxygen atoms in total. The van der Waals surface area contributed by atoms with Crippen LogP contribution in [0.1, 0.15) is 16.7 Å². The fraction of sp³-hybridized carbons (Fsp3) is 0.263. The van der Waals surface area contributed by atoms with E-state index in [4.69, 9.17) is 0 Å². The van der Waals surface area contributed by atoms with Crippen LogP contribution in [-0.4, -0.2) is 29.9 Å². The average molecular weight is 323 g/mol. The van der Waals surface area contributed by atoms with Gasteiger partial charge < -0.3 is 15.5 Å². The predicted molar refractivity (Wildman–Crippen MR) is 92.2 cm³/mol. The van der Waals surface area contributed by atoms with Gasteiger partial charge in [-0.2, -0.15) is 0 Å². The Morgan fingerprint density at radius 2 is 1.62 bits per heavy atom. The third-order valence-corrected chi connectivity index (χ3v) is 4.18. The van der Waals surface area contributed by atoms with Gasteiger partial charge in [-0.1, -0.05) is 54.6 Å². The van der Waals surface area contributed by atoms with Crippen LogP contribution < -0.4 is 10.6 Å². The van der Waals surface area contributed by atoms with E-state index in [-0.39, 0.29) is 18.5 Å². The van der Waals surface area contributed by atoms with Gasteiger partial charge in [-0.25, -0.2) is 4.79 Å². The lowest BCUT2D eigenvalue weighted by Gasteiger charge is -2.29. The molecule has 3 amide bonds. The molecule has 3 rings (SSSR count). The highest BCUT2D eigenvalue weighted by molar-refractivity contribution is 5.84. The molecule has 2 aromatic rings. The standard InChI is InChI=1S/C19H21N3O2/c23-18(22-11-10-16-8-4-5-9-17(16)14-22)13-21-19(24)20-12-15-6-2-1-3-7-15/h1-9H,10-14H2,(H2,20,21,24). The molecule has 124 valence electrons. The summed E-state index contributed by atoms with van der Waals surface area (Å²) >= 11 is 0. The van der Waals surface area contributed by atoms with E-state index in [0.29, 0.717) is 19.6 Å². The molecule has 0 unspecified atom stereocenters. The van der Waals surface area contributed by atoms with E-state index < -0.39 is 0 Å². The Balaban J connectivity index is 1.43. The molecule has 2 aromatic carbocycles. The Morgan fingerprint density at radius 1 is 0.917 bits per heavy atom. The topological polar surface area (TPSA) is 61.4 Å². The number of amides is 3. The summed E-state index contributed by atoms with van der Waals surface area (Å²) in [6.45, 7) is 1.77. The van der Waals surface area contributed by atoms with Gasteiger partial charge in [-0.15, -0.1) is 0 Å². The Hall–Kier alpha value is -2.82. The molecule has 1 heterocycles. The Labute approximate surface area is 141 Å². The van der Waals surface area contributed by atoms with Crippen molar-refractivity contribution in [1.82, 2.24) is 15.5 Å².